The van der Waals surface area contributed by atoms with Gasteiger partial charge in [-0.3, -0.25) is 9.09 Å². The minimum absolute atomic E-state index is 0.0892. The fourth-order valence-electron chi connectivity index (χ4n) is 1.94. The molecular formula is C18H31O5P. The summed E-state index contributed by atoms with van der Waals surface area (Å²) in [6, 6.07) is 0. The van der Waals surface area contributed by atoms with Crippen LogP contribution in [0.5, 0.6) is 0 Å². The van der Waals surface area contributed by atoms with Gasteiger partial charge >= 0.3 is 13.6 Å². The van der Waals surface area contributed by atoms with Crippen molar-refractivity contribution < 1.29 is 23.5 Å². The topological polar surface area (TPSA) is 72.8 Å². The predicted molar refractivity (Wildman–Crippen MR) is 98.5 cm³/mol. The van der Waals surface area contributed by atoms with Crippen molar-refractivity contribution in [1.82, 2.24) is 0 Å². The molecule has 24 heavy (non-hydrogen) atoms. The van der Waals surface area contributed by atoms with Crippen LogP contribution in [-0.2, 0) is 18.4 Å². The second-order valence-electron chi connectivity index (χ2n) is 6.10. The van der Waals surface area contributed by atoms with E-state index in [-0.39, 0.29) is 6.16 Å². The Morgan fingerprint density at radius 1 is 1.00 bits per heavy atom. The highest BCUT2D eigenvalue weighted by atomic mass is 31.2. The highest BCUT2D eigenvalue weighted by Gasteiger charge is 2.22. The summed E-state index contributed by atoms with van der Waals surface area (Å²) in [5.41, 5.74) is 3.79. The number of carboxylic acids is 1. The van der Waals surface area contributed by atoms with Gasteiger partial charge in [0.15, 0.2) is 6.61 Å². The van der Waals surface area contributed by atoms with Crippen LogP contribution in [0.15, 0.2) is 34.9 Å². The summed E-state index contributed by atoms with van der Waals surface area (Å²) in [7, 11) is -2.09. The SMILES string of the molecule is COP(=O)(CC=C(C)CCC=C(C)CCC=C(C)C)OCC(=O)O. The molecule has 1 atom stereocenters. The molecule has 0 rings (SSSR count). The second-order valence-corrected chi connectivity index (χ2v) is 8.31. The standard InChI is InChI=1S/C18H31O5P/c1-15(2)8-6-9-16(3)10-7-11-17(4)12-13-24(21,22-5)23-14-18(19)20/h8,10,12H,6-7,9,11,13-14H2,1-5H3,(H,19,20). The Balaban J connectivity index is 4.32. The van der Waals surface area contributed by atoms with E-state index in [0.29, 0.717) is 0 Å². The quantitative estimate of drug-likeness (QED) is 0.376. The predicted octanol–water partition coefficient (Wildman–Crippen LogP) is 5.35. The third kappa shape index (κ3) is 12.3. The van der Waals surface area contributed by atoms with Gasteiger partial charge in [-0.2, -0.15) is 0 Å². The van der Waals surface area contributed by atoms with Crippen LogP contribution in [0.25, 0.3) is 0 Å². The van der Waals surface area contributed by atoms with Gasteiger partial charge in [-0.1, -0.05) is 34.9 Å². The number of hydrogen-bond acceptors (Lipinski definition) is 4. The number of carbonyl (C=O) groups is 1. The van der Waals surface area contributed by atoms with Crippen LogP contribution in [-0.4, -0.2) is 31.0 Å². The van der Waals surface area contributed by atoms with Gasteiger partial charge in [-0.05, 0) is 53.4 Å². The van der Waals surface area contributed by atoms with E-state index in [2.05, 4.69) is 32.9 Å². The summed E-state index contributed by atoms with van der Waals surface area (Å²) in [6.07, 6.45) is 10.3. The molecule has 0 saturated heterocycles. The molecule has 0 fully saturated rings. The Labute approximate surface area is 146 Å². The molecule has 0 aliphatic heterocycles. The first-order chi connectivity index (χ1) is 11.2. The van der Waals surface area contributed by atoms with Gasteiger partial charge in [0, 0.05) is 7.11 Å². The first-order valence-electron chi connectivity index (χ1n) is 8.14. The average Bonchev–Trinajstić information content (AvgIpc) is 2.50. The Morgan fingerprint density at radius 3 is 2.04 bits per heavy atom. The summed E-state index contributed by atoms with van der Waals surface area (Å²) in [4.78, 5) is 10.5. The van der Waals surface area contributed by atoms with Crippen molar-refractivity contribution in [3.05, 3.63) is 34.9 Å². The molecule has 5 nitrogen and oxygen atoms in total. The number of hydrogen-bond donors (Lipinski definition) is 1. The number of rotatable bonds is 12. The molecule has 0 amide bonds. The molecule has 0 saturated carbocycles. The van der Waals surface area contributed by atoms with Crippen LogP contribution in [0.1, 0.15) is 53.4 Å². The average molecular weight is 358 g/mol. The zero-order valence-corrected chi connectivity index (χ0v) is 16.4. The summed E-state index contributed by atoms with van der Waals surface area (Å²) in [5.74, 6) is -1.17. The third-order valence-corrected chi connectivity index (χ3v) is 5.16. The van der Waals surface area contributed by atoms with Crippen molar-refractivity contribution in [3.63, 3.8) is 0 Å². The van der Waals surface area contributed by atoms with E-state index in [4.69, 9.17) is 14.2 Å². The molecule has 6 heteroatoms. The zero-order chi connectivity index (χ0) is 18.6. The van der Waals surface area contributed by atoms with E-state index < -0.39 is 20.2 Å². The third-order valence-electron chi connectivity index (χ3n) is 3.45. The largest absolute Gasteiger partial charge is 0.480 e. The summed E-state index contributed by atoms with van der Waals surface area (Å²) in [6.45, 7) is 7.68. The normalized spacial score (nSPS) is 15.0. The molecule has 1 N–H and O–H groups in total. The van der Waals surface area contributed by atoms with E-state index in [9.17, 15) is 9.36 Å². The van der Waals surface area contributed by atoms with Crippen LogP contribution < -0.4 is 0 Å². The summed E-state index contributed by atoms with van der Waals surface area (Å²) >= 11 is 0. The fraction of sp³-hybridized carbons (Fsp3) is 0.611. The number of aliphatic carboxylic acids is 1. The highest BCUT2D eigenvalue weighted by Crippen LogP contribution is 2.47. The van der Waals surface area contributed by atoms with Crippen molar-refractivity contribution in [2.75, 3.05) is 19.9 Å². The molecule has 0 aliphatic carbocycles. The van der Waals surface area contributed by atoms with Crippen molar-refractivity contribution in [2.24, 2.45) is 0 Å². The molecule has 0 aromatic heterocycles. The van der Waals surface area contributed by atoms with Crippen LogP contribution in [0, 0.1) is 0 Å². The molecule has 138 valence electrons. The smallest absolute Gasteiger partial charge is 0.334 e. The van der Waals surface area contributed by atoms with E-state index in [1.807, 2.05) is 6.92 Å². The lowest BCUT2D eigenvalue weighted by Crippen LogP contribution is -2.07. The number of carboxylic acid groups (broad SMARTS) is 1. The Hall–Kier alpha value is -1.16. The van der Waals surface area contributed by atoms with Crippen molar-refractivity contribution in [2.45, 2.75) is 53.4 Å². The van der Waals surface area contributed by atoms with E-state index in [1.165, 1.54) is 18.3 Å². The molecular weight excluding hydrogens is 327 g/mol. The molecule has 0 aliphatic rings. The summed E-state index contributed by atoms with van der Waals surface area (Å²) in [5, 5.41) is 8.58. The molecule has 0 radical (unpaired) electrons. The van der Waals surface area contributed by atoms with E-state index in [1.54, 1.807) is 6.08 Å². The maximum Gasteiger partial charge on any atom is 0.334 e. The minimum Gasteiger partial charge on any atom is -0.480 e. The lowest BCUT2D eigenvalue weighted by Gasteiger charge is -2.13. The first-order valence-corrected chi connectivity index (χ1v) is 9.87. The van der Waals surface area contributed by atoms with Crippen LogP contribution >= 0.6 is 7.60 Å². The van der Waals surface area contributed by atoms with Crippen molar-refractivity contribution in [3.8, 4) is 0 Å². The molecule has 0 heterocycles. The van der Waals surface area contributed by atoms with Crippen molar-refractivity contribution in [1.29, 1.82) is 0 Å². The summed E-state index contributed by atoms with van der Waals surface area (Å²) < 4.78 is 21.9. The lowest BCUT2D eigenvalue weighted by molar-refractivity contribution is -0.139. The molecule has 0 aromatic rings. The van der Waals surface area contributed by atoms with Crippen LogP contribution in [0.2, 0.25) is 0 Å². The van der Waals surface area contributed by atoms with Gasteiger partial charge in [-0.25, -0.2) is 4.79 Å². The van der Waals surface area contributed by atoms with E-state index in [0.717, 1.165) is 31.3 Å². The molecule has 1 unspecified atom stereocenters. The Bertz CT molecular complexity index is 528. The second kappa shape index (κ2) is 12.2. The first kappa shape index (κ1) is 22.8. The zero-order valence-electron chi connectivity index (χ0n) is 15.5. The molecule has 0 spiro atoms. The van der Waals surface area contributed by atoms with Gasteiger partial charge in [-0.15, -0.1) is 0 Å². The van der Waals surface area contributed by atoms with Gasteiger partial charge in [0.1, 0.15) is 0 Å². The van der Waals surface area contributed by atoms with Crippen LogP contribution in [0.4, 0.5) is 0 Å². The van der Waals surface area contributed by atoms with E-state index >= 15 is 0 Å². The maximum atomic E-state index is 12.2. The Morgan fingerprint density at radius 2 is 1.54 bits per heavy atom. The number of allylic oxidation sites excluding steroid dienone is 6. The minimum atomic E-state index is -3.36. The van der Waals surface area contributed by atoms with Gasteiger partial charge in [0.25, 0.3) is 0 Å². The van der Waals surface area contributed by atoms with Gasteiger partial charge < -0.3 is 9.63 Å². The fourth-order valence-corrected chi connectivity index (χ4v) is 3.14. The Kier molecular flexibility index (Phi) is 11.6. The monoisotopic (exact) mass is 358 g/mol. The lowest BCUT2D eigenvalue weighted by atomic mass is 10.1. The maximum absolute atomic E-state index is 12.2. The highest BCUT2D eigenvalue weighted by molar-refractivity contribution is 7.54. The van der Waals surface area contributed by atoms with Gasteiger partial charge in [0.05, 0.1) is 6.16 Å². The molecule has 0 aromatic carbocycles. The van der Waals surface area contributed by atoms with Crippen molar-refractivity contribution >= 4 is 13.6 Å². The van der Waals surface area contributed by atoms with Crippen LogP contribution in [0.3, 0.4) is 0 Å². The van der Waals surface area contributed by atoms with Gasteiger partial charge in [0.2, 0.25) is 0 Å². The molecule has 0 bridgehead atoms.